The molecule has 0 saturated carbocycles. The first-order chi connectivity index (χ1) is 36.4. The molecule has 21 heteroatoms. The van der Waals surface area contributed by atoms with Gasteiger partial charge in [0.05, 0.1) is 19.3 Å². The van der Waals surface area contributed by atoms with Crippen LogP contribution < -0.4 is 11.4 Å². The number of esters is 2. The Hall–Kier alpha value is -3.84. The summed E-state index contributed by atoms with van der Waals surface area (Å²) in [6.07, 6.45) is 38.8. The number of carbonyl (C=O) groups excluding carboxylic acids is 2. The predicted octanol–water partition coefficient (Wildman–Crippen LogP) is 10.9. The van der Waals surface area contributed by atoms with Crippen LogP contribution in [0, 0.1) is 5.92 Å². The molecule has 0 spiro atoms. The number of nitrogen functional groups attached to an aromatic ring is 1. The van der Waals surface area contributed by atoms with E-state index in [4.69, 9.17) is 29.0 Å². The lowest BCUT2D eigenvalue weighted by atomic mass is 10.0. The van der Waals surface area contributed by atoms with Crippen LogP contribution in [0.15, 0.2) is 90.0 Å². The minimum Gasteiger partial charge on any atom is -0.462 e. The van der Waals surface area contributed by atoms with Crippen molar-refractivity contribution in [3.8, 4) is 0 Å². The molecule has 76 heavy (non-hydrogen) atoms. The minimum absolute atomic E-state index is 0.000321. The standard InChI is InChI=1S/C55H91N3O16P2/c1-4-5-6-7-8-9-10-11-12-15-18-21-24-27-30-33-36-46(59)38-39-50(60)69-42-47(72-51(61)37-34-31-28-25-22-19-16-13-14-17-20-23-26-29-32-35-45(2)3)43-70-75(65,66)74-76(67,68)71-44-48-52(62)53(63)54(73-48)58-41-40-49(56)57-55(58)64/h5-6,8-9,11-12,18,21,27,30,33,36,40-41,45-48,52-54,59,62-63H,4,7,10,13-17,19-20,22-26,28-29,31-32,34-35,37-39,42-44H2,1-3H3,(H,65,66)(H,67,68)(H2,56,57,64)/b6-5-,9-8-,12-11-,21-18-,30-27-,36-33-/t46?,47-,48-,52-,53-,54-/m1/s1. The number of phosphoric ester groups is 2. The van der Waals surface area contributed by atoms with Gasteiger partial charge in [0.25, 0.3) is 0 Å². The Balaban J connectivity index is 1.83. The summed E-state index contributed by atoms with van der Waals surface area (Å²) in [5.41, 5.74) is 4.58. The quantitative estimate of drug-likeness (QED) is 0.0116. The van der Waals surface area contributed by atoms with Gasteiger partial charge in [-0.2, -0.15) is 9.29 Å². The van der Waals surface area contributed by atoms with Crippen LogP contribution in [0.25, 0.3) is 0 Å². The van der Waals surface area contributed by atoms with E-state index < -0.39 is 89.8 Å². The van der Waals surface area contributed by atoms with Crippen molar-refractivity contribution in [1.29, 1.82) is 0 Å². The number of unbranched alkanes of at least 4 members (excludes halogenated alkanes) is 14. The van der Waals surface area contributed by atoms with Gasteiger partial charge in [0.2, 0.25) is 0 Å². The molecule has 0 bridgehead atoms. The summed E-state index contributed by atoms with van der Waals surface area (Å²) in [7, 11) is -10.9. The van der Waals surface area contributed by atoms with Crippen molar-refractivity contribution >= 4 is 33.4 Å². The molecule has 432 valence electrons. The van der Waals surface area contributed by atoms with Crippen molar-refractivity contribution in [2.75, 3.05) is 25.6 Å². The van der Waals surface area contributed by atoms with E-state index in [0.29, 0.717) is 12.8 Å². The van der Waals surface area contributed by atoms with Crippen LogP contribution in [0.2, 0.25) is 0 Å². The Labute approximate surface area is 451 Å². The monoisotopic (exact) mass is 1110 g/mol. The summed E-state index contributed by atoms with van der Waals surface area (Å²) >= 11 is 0. The summed E-state index contributed by atoms with van der Waals surface area (Å²) in [6.45, 7) is 4.14. The molecule has 0 aromatic carbocycles. The topological polar surface area (TPSA) is 286 Å². The fourth-order valence-corrected chi connectivity index (χ4v) is 9.95. The lowest BCUT2D eigenvalue weighted by Crippen LogP contribution is -2.36. The molecular formula is C55H91N3O16P2. The fraction of sp³-hybridized carbons (Fsp3) is 0.673. The highest BCUT2D eigenvalue weighted by Crippen LogP contribution is 2.60. The smallest absolute Gasteiger partial charge is 0.462 e. The maximum atomic E-state index is 12.9. The number of hydrogen-bond donors (Lipinski definition) is 6. The Morgan fingerprint density at radius 2 is 1.24 bits per heavy atom. The van der Waals surface area contributed by atoms with Crippen molar-refractivity contribution in [3.63, 3.8) is 0 Å². The van der Waals surface area contributed by atoms with E-state index in [-0.39, 0.29) is 25.1 Å². The van der Waals surface area contributed by atoms with Crippen molar-refractivity contribution in [2.45, 2.75) is 212 Å². The van der Waals surface area contributed by atoms with Crippen LogP contribution >= 0.6 is 15.6 Å². The van der Waals surface area contributed by atoms with Gasteiger partial charge in [0.15, 0.2) is 12.3 Å². The van der Waals surface area contributed by atoms with Crippen LogP contribution in [-0.4, -0.2) is 96.9 Å². The van der Waals surface area contributed by atoms with Crippen molar-refractivity contribution in [1.82, 2.24) is 9.55 Å². The summed E-state index contributed by atoms with van der Waals surface area (Å²) in [5, 5.41) is 31.3. The first kappa shape index (κ1) is 68.3. The molecule has 1 aliphatic heterocycles. The number of nitrogens with two attached hydrogens (primary N) is 1. The Morgan fingerprint density at radius 3 is 1.79 bits per heavy atom. The van der Waals surface area contributed by atoms with Gasteiger partial charge in [-0.15, -0.1) is 0 Å². The number of allylic oxidation sites excluding steroid dienone is 11. The van der Waals surface area contributed by atoms with Gasteiger partial charge < -0.3 is 45.1 Å². The van der Waals surface area contributed by atoms with E-state index in [9.17, 15) is 48.6 Å². The van der Waals surface area contributed by atoms with Crippen LogP contribution in [0.5, 0.6) is 0 Å². The van der Waals surface area contributed by atoms with Crippen molar-refractivity contribution < 1.29 is 71.4 Å². The molecule has 19 nitrogen and oxygen atoms in total. The predicted molar refractivity (Wildman–Crippen MR) is 294 cm³/mol. The van der Waals surface area contributed by atoms with Crippen molar-refractivity contribution in [2.24, 2.45) is 5.92 Å². The molecule has 1 saturated heterocycles. The molecule has 0 aliphatic carbocycles. The summed E-state index contributed by atoms with van der Waals surface area (Å²) in [6, 6.07) is 1.24. The highest BCUT2D eigenvalue weighted by molar-refractivity contribution is 7.61. The first-order valence-corrected chi connectivity index (χ1v) is 30.4. The normalized spacial score (nSPS) is 19.8. The number of aromatic nitrogens is 2. The molecule has 1 aliphatic rings. The van der Waals surface area contributed by atoms with E-state index in [1.54, 1.807) is 12.2 Å². The third kappa shape index (κ3) is 34.1. The zero-order chi connectivity index (χ0) is 55.9. The van der Waals surface area contributed by atoms with Gasteiger partial charge in [-0.1, -0.05) is 190 Å². The van der Waals surface area contributed by atoms with E-state index in [0.717, 1.165) is 68.0 Å². The Kier molecular flexibility index (Phi) is 37.0. The molecule has 0 amide bonds. The molecule has 3 unspecified atom stereocenters. The number of phosphoric acid groups is 2. The van der Waals surface area contributed by atoms with Gasteiger partial charge in [-0.25, -0.2) is 13.9 Å². The highest BCUT2D eigenvalue weighted by Gasteiger charge is 2.46. The van der Waals surface area contributed by atoms with Gasteiger partial charge >= 0.3 is 33.3 Å². The SMILES string of the molecule is CC/C=C\C/C=C\C/C=C\C/C=C\C/C=C\C=C/C(O)CCC(=O)OC[C@H](COP(=O)(O)OP(=O)(O)OC[C@H]1O[C@@H](n2ccc(N)nc2=O)[C@H](O)[C@@H]1O)OC(=O)CCCCCCCCCCCCCCCCCC(C)C. The second-order valence-corrected chi connectivity index (χ2v) is 22.4. The minimum atomic E-state index is -5.48. The fourth-order valence-electron chi connectivity index (χ4n) is 7.84. The summed E-state index contributed by atoms with van der Waals surface area (Å²) < 4.78 is 56.7. The lowest BCUT2D eigenvalue weighted by molar-refractivity contribution is -0.161. The molecule has 8 atom stereocenters. The van der Waals surface area contributed by atoms with E-state index in [1.165, 1.54) is 82.8 Å². The van der Waals surface area contributed by atoms with Gasteiger partial charge in [-0.05, 0) is 56.9 Å². The van der Waals surface area contributed by atoms with Gasteiger partial charge in [-0.3, -0.25) is 23.2 Å². The third-order valence-electron chi connectivity index (χ3n) is 12.1. The van der Waals surface area contributed by atoms with E-state index in [2.05, 4.69) is 72.6 Å². The van der Waals surface area contributed by atoms with Crippen molar-refractivity contribution in [3.05, 3.63) is 95.7 Å². The zero-order valence-electron chi connectivity index (χ0n) is 45.3. The number of anilines is 1. The second-order valence-electron chi connectivity index (χ2n) is 19.4. The summed E-state index contributed by atoms with van der Waals surface area (Å²) in [4.78, 5) is 62.1. The zero-order valence-corrected chi connectivity index (χ0v) is 47.1. The Bertz CT molecular complexity index is 2090. The molecule has 7 N–H and O–H groups in total. The summed E-state index contributed by atoms with van der Waals surface area (Å²) in [5.74, 6) is -0.798. The van der Waals surface area contributed by atoms with Crippen LogP contribution in [0.3, 0.4) is 0 Å². The number of nitrogens with zero attached hydrogens (tertiary/aromatic N) is 2. The maximum Gasteiger partial charge on any atom is 0.481 e. The van der Waals surface area contributed by atoms with Crippen LogP contribution in [0.1, 0.15) is 181 Å². The maximum absolute atomic E-state index is 12.9. The van der Waals surface area contributed by atoms with Crippen LogP contribution in [0.4, 0.5) is 5.82 Å². The number of rotatable bonds is 44. The molecule has 1 aromatic heterocycles. The number of aliphatic hydroxyl groups excluding tert-OH is 3. The Morgan fingerprint density at radius 1 is 0.711 bits per heavy atom. The number of carbonyl (C=O) groups is 2. The largest absolute Gasteiger partial charge is 0.481 e. The average Bonchev–Trinajstić information content (AvgIpc) is 3.65. The second kappa shape index (κ2) is 41.2. The lowest BCUT2D eigenvalue weighted by Gasteiger charge is -2.21. The molecular weight excluding hydrogens is 1020 g/mol. The molecule has 2 heterocycles. The molecule has 1 aromatic rings. The third-order valence-corrected chi connectivity index (χ3v) is 14.7. The number of aliphatic hydroxyl groups is 3. The van der Waals surface area contributed by atoms with Gasteiger partial charge in [0, 0.05) is 19.0 Å². The first-order valence-electron chi connectivity index (χ1n) is 27.4. The molecule has 2 rings (SSSR count). The highest BCUT2D eigenvalue weighted by atomic mass is 31.3. The van der Waals surface area contributed by atoms with E-state index >= 15 is 0 Å². The molecule has 1 fully saturated rings. The van der Waals surface area contributed by atoms with Gasteiger partial charge in [0.1, 0.15) is 30.7 Å². The van der Waals surface area contributed by atoms with E-state index in [1.807, 2.05) is 12.2 Å². The number of ether oxygens (including phenoxy) is 3. The number of hydrogen-bond acceptors (Lipinski definition) is 16. The molecule has 0 radical (unpaired) electrons. The average molecular weight is 1110 g/mol. The van der Waals surface area contributed by atoms with Crippen LogP contribution in [-0.2, 0) is 46.3 Å².